The van der Waals surface area contributed by atoms with Crippen molar-refractivity contribution in [1.29, 1.82) is 5.26 Å². The molecule has 0 spiro atoms. The number of hydrazine groups is 1. The van der Waals surface area contributed by atoms with Crippen LogP contribution in [0.5, 0.6) is 0 Å². The first-order valence-electron chi connectivity index (χ1n) is 8.86. The third-order valence-electron chi connectivity index (χ3n) is 4.39. The smallest absolute Gasteiger partial charge is 0.245 e. The van der Waals surface area contributed by atoms with Crippen LogP contribution in [-0.4, -0.2) is 41.3 Å². The topological polar surface area (TPSA) is 65.3 Å². The number of nitrogens with zero attached hydrogens (tertiary/aromatic N) is 5. The summed E-state index contributed by atoms with van der Waals surface area (Å²) in [4.78, 5) is 9.32. The summed E-state index contributed by atoms with van der Waals surface area (Å²) in [6, 6.07) is 21.6. The number of aromatic nitrogens is 2. The molecule has 1 saturated heterocycles. The van der Waals surface area contributed by atoms with E-state index in [-0.39, 0.29) is 0 Å². The molecular formula is C21H19N5O. The largest absolute Gasteiger partial charge is 0.379 e. The van der Waals surface area contributed by atoms with Crippen LogP contribution in [0.1, 0.15) is 5.56 Å². The fourth-order valence-electron chi connectivity index (χ4n) is 3.09. The molecule has 1 aliphatic heterocycles. The average Bonchev–Trinajstić information content (AvgIpc) is 2.76. The van der Waals surface area contributed by atoms with Crippen molar-refractivity contribution in [2.24, 2.45) is 0 Å². The highest BCUT2D eigenvalue weighted by Crippen LogP contribution is 2.27. The van der Waals surface area contributed by atoms with Gasteiger partial charge in [-0.2, -0.15) is 5.26 Å². The maximum absolute atomic E-state index is 9.16. The molecule has 6 heteroatoms. The fraction of sp³-hybridized carbons (Fsp3) is 0.190. The van der Waals surface area contributed by atoms with Gasteiger partial charge in [-0.15, -0.1) is 0 Å². The van der Waals surface area contributed by atoms with Gasteiger partial charge in [0, 0.05) is 24.8 Å². The lowest BCUT2D eigenvalue weighted by molar-refractivity contribution is 0.0371. The van der Waals surface area contributed by atoms with E-state index in [0.717, 1.165) is 30.0 Å². The van der Waals surface area contributed by atoms with Gasteiger partial charge in [0.05, 0.1) is 36.2 Å². The molecular weight excluding hydrogens is 338 g/mol. The summed E-state index contributed by atoms with van der Waals surface area (Å²) in [5.74, 6) is 0.600. The van der Waals surface area contributed by atoms with Crippen LogP contribution in [0, 0.1) is 11.3 Å². The summed E-state index contributed by atoms with van der Waals surface area (Å²) in [7, 11) is 0. The van der Waals surface area contributed by atoms with E-state index in [2.05, 4.69) is 16.1 Å². The van der Waals surface area contributed by atoms with E-state index in [9.17, 15) is 0 Å². The van der Waals surface area contributed by atoms with E-state index in [0.29, 0.717) is 24.7 Å². The Balaban J connectivity index is 1.75. The van der Waals surface area contributed by atoms with Crippen LogP contribution < -0.4 is 5.01 Å². The number of hydrogen-bond acceptors (Lipinski definition) is 6. The molecule has 1 aromatic heterocycles. The van der Waals surface area contributed by atoms with Gasteiger partial charge in [-0.1, -0.05) is 30.3 Å². The summed E-state index contributed by atoms with van der Waals surface area (Å²) in [6.45, 7) is 2.89. The molecule has 1 fully saturated rings. The second-order valence-corrected chi connectivity index (χ2v) is 6.15. The minimum Gasteiger partial charge on any atom is -0.379 e. The molecule has 0 saturated carbocycles. The van der Waals surface area contributed by atoms with Crippen molar-refractivity contribution in [2.75, 3.05) is 31.3 Å². The molecule has 6 nitrogen and oxygen atoms in total. The molecule has 0 atom stereocenters. The Morgan fingerprint density at radius 2 is 1.81 bits per heavy atom. The summed E-state index contributed by atoms with van der Waals surface area (Å²) in [6.07, 6.45) is 1.76. The highest BCUT2D eigenvalue weighted by atomic mass is 16.5. The van der Waals surface area contributed by atoms with Crippen LogP contribution in [0.4, 0.5) is 11.6 Å². The van der Waals surface area contributed by atoms with E-state index in [4.69, 9.17) is 15.0 Å². The van der Waals surface area contributed by atoms with Crippen LogP contribution >= 0.6 is 0 Å². The fourth-order valence-corrected chi connectivity index (χ4v) is 3.09. The van der Waals surface area contributed by atoms with E-state index in [1.54, 1.807) is 12.3 Å². The summed E-state index contributed by atoms with van der Waals surface area (Å²) < 4.78 is 5.50. The molecule has 4 rings (SSSR count). The number of benzene rings is 2. The molecule has 0 aliphatic carbocycles. The molecule has 2 aromatic carbocycles. The Hall–Kier alpha value is -3.27. The zero-order valence-corrected chi connectivity index (χ0v) is 14.8. The number of rotatable bonds is 4. The molecule has 3 aromatic rings. The SMILES string of the molecule is N#Cc1cccc(-c2ccnc(N(c3ccccc3)N3CCOCC3)n2)c1. The lowest BCUT2D eigenvalue weighted by Gasteiger charge is -2.37. The minimum absolute atomic E-state index is 0.600. The van der Waals surface area contributed by atoms with E-state index in [1.165, 1.54) is 0 Å². The zero-order valence-electron chi connectivity index (χ0n) is 14.8. The second-order valence-electron chi connectivity index (χ2n) is 6.15. The van der Waals surface area contributed by atoms with Gasteiger partial charge in [-0.05, 0) is 30.3 Å². The summed E-state index contributed by atoms with van der Waals surface area (Å²) >= 11 is 0. The molecule has 0 bridgehead atoms. The van der Waals surface area contributed by atoms with Crippen LogP contribution in [0.15, 0.2) is 66.9 Å². The lowest BCUT2D eigenvalue weighted by atomic mass is 10.1. The third-order valence-corrected chi connectivity index (χ3v) is 4.39. The van der Waals surface area contributed by atoms with Crippen LogP contribution in [0.3, 0.4) is 0 Å². The highest BCUT2D eigenvalue weighted by Gasteiger charge is 2.23. The van der Waals surface area contributed by atoms with E-state index < -0.39 is 0 Å². The van der Waals surface area contributed by atoms with Gasteiger partial charge in [0.1, 0.15) is 0 Å². The van der Waals surface area contributed by atoms with Crippen LogP contribution in [0.2, 0.25) is 0 Å². The zero-order chi connectivity index (χ0) is 18.5. The number of hydrogen-bond donors (Lipinski definition) is 0. The normalized spacial score (nSPS) is 14.5. The molecule has 1 aliphatic rings. The predicted molar refractivity (Wildman–Crippen MR) is 103 cm³/mol. The van der Waals surface area contributed by atoms with Crippen molar-refractivity contribution in [2.45, 2.75) is 0 Å². The van der Waals surface area contributed by atoms with E-state index >= 15 is 0 Å². The van der Waals surface area contributed by atoms with Crippen molar-refractivity contribution < 1.29 is 4.74 Å². The quantitative estimate of drug-likeness (QED) is 0.713. The van der Waals surface area contributed by atoms with Gasteiger partial charge in [-0.3, -0.25) is 0 Å². The highest BCUT2D eigenvalue weighted by molar-refractivity contribution is 5.64. The van der Waals surface area contributed by atoms with E-state index in [1.807, 2.05) is 59.6 Å². The van der Waals surface area contributed by atoms with Crippen molar-refractivity contribution in [1.82, 2.24) is 15.0 Å². The second kappa shape index (κ2) is 7.96. The van der Waals surface area contributed by atoms with Gasteiger partial charge in [0.15, 0.2) is 0 Å². The Morgan fingerprint density at radius 1 is 1.00 bits per heavy atom. The van der Waals surface area contributed by atoms with Gasteiger partial charge in [0.2, 0.25) is 5.95 Å². The van der Waals surface area contributed by atoms with Crippen molar-refractivity contribution in [3.8, 4) is 17.3 Å². The number of nitriles is 1. The molecule has 0 unspecified atom stereocenters. The van der Waals surface area contributed by atoms with Gasteiger partial charge < -0.3 is 4.74 Å². The van der Waals surface area contributed by atoms with Crippen LogP contribution in [-0.2, 0) is 4.74 Å². The standard InChI is InChI=1S/C21H19N5O/c22-16-17-5-4-6-18(15-17)20-9-10-23-21(24-20)26(19-7-2-1-3-8-19)25-11-13-27-14-12-25/h1-10,15H,11-14H2. The predicted octanol–water partition coefficient (Wildman–Crippen LogP) is 3.40. The Labute approximate surface area is 158 Å². The molecule has 134 valence electrons. The first-order valence-corrected chi connectivity index (χ1v) is 8.86. The average molecular weight is 357 g/mol. The van der Waals surface area contributed by atoms with Gasteiger partial charge in [-0.25, -0.2) is 20.0 Å². The third kappa shape index (κ3) is 3.80. The molecule has 27 heavy (non-hydrogen) atoms. The Morgan fingerprint density at radius 3 is 2.59 bits per heavy atom. The maximum Gasteiger partial charge on any atom is 0.245 e. The number of ether oxygens (including phenoxy) is 1. The molecule has 0 radical (unpaired) electrons. The first kappa shape index (κ1) is 17.2. The van der Waals surface area contributed by atoms with Crippen molar-refractivity contribution in [3.63, 3.8) is 0 Å². The van der Waals surface area contributed by atoms with Crippen LogP contribution in [0.25, 0.3) is 11.3 Å². The molecule has 0 N–H and O–H groups in total. The summed E-state index contributed by atoms with van der Waals surface area (Å²) in [5, 5.41) is 13.4. The Bertz CT molecular complexity index is 948. The van der Waals surface area contributed by atoms with Crippen molar-refractivity contribution in [3.05, 3.63) is 72.4 Å². The Kier molecular flexibility index (Phi) is 5.06. The monoisotopic (exact) mass is 357 g/mol. The minimum atomic E-state index is 0.600. The summed E-state index contributed by atoms with van der Waals surface area (Å²) in [5.41, 5.74) is 3.29. The molecule has 2 heterocycles. The number of para-hydroxylation sites is 1. The number of anilines is 2. The maximum atomic E-state index is 9.16. The van der Waals surface area contributed by atoms with Gasteiger partial charge >= 0.3 is 0 Å². The molecule has 0 amide bonds. The van der Waals surface area contributed by atoms with Crippen molar-refractivity contribution >= 4 is 11.6 Å². The first-order chi connectivity index (χ1) is 13.3. The lowest BCUT2D eigenvalue weighted by Crippen LogP contribution is -2.47. The number of morpholine rings is 1. The van der Waals surface area contributed by atoms with Gasteiger partial charge in [0.25, 0.3) is 0 Å².